The van der Waals surface area contributed by atoms with E-state index in [-0.39, 0.29) is 18.7 Å². The van der Waals surface area contributed by atoms with E-state index in [0.29, 0.717) is 0 Å². The van der Waals surface area contributed by atoms with Crippen LogP contribution in [-0.4, -0.2) is 35.0 Å². The van der Waals surface area contributed by atoms with Crippen molar-refractivity contribution in [3.63, 3.8) is 0 Å². The van der Waals surface area contributed by atoms with Crippen LogP contribution in [0.4, 0.5) is 14.9 Å². The van der Waals surface area contributed by atoms with Gasteiger partial charge in [0.2, 0.25) is 0 Å². The number of rotatable bonds is 6. The Morgan fingerprint density at radius 3 is 2.45 bits per heavy atom. The van der Waals surface area contributed by atoms with Crippen molar-refractivity contribution in [2.75, 3.05) is 18.0 Å². The number of nitrogens with zero attached hydrogens (tertiary/aromatic N) is 3. The molecule has 1 aromatic heterocycles. The lowest BCUT2D eigenvalue weighted by Crippen LogP contribution is -2.37. The number of pyridine rings is 1. The van der Waals surface area contributed by atoms with Gasteiger partial charge in [-0.25, -0.2) is 9.18 Å². The summed E-state index contributed by atoms with van der Waals surface area (Å²) >= 11 is 0. The number of carbonyl (C=O) groups excluding carboxylic acids is 2. The largest absolute Gasteiger partial charge is 0.434 e. The molecule has 0 radical (unpaired) electrons. The zero-order chi connectivity index (χ0) is 23.0. The summed E-state index contributed by atoms with van der Waals surface area (Å²) in [5.74, 6) is -1.49. The lowest BCUT2D eigenvalue weighted by Gasteiger charge is -2.22. The van der Waals surface area contributed by atoms with Gasteiger partial charge in [0, 0.05) is 37.7 Å². The van der Waals surface area contributed by atoms with Gasteiger partial charge in [0.05, 0.1) is 12.1 Å². The minimum Gasteiger partial charge on any atom is -0.372 e. The van der Waals surface area contributed by atoms with Crippen molar-refractivity contribution < 1.29 is 18.8 Å². The van der Waals surface area contributed by atoms with Crippen LogP contribution < -0.4 is 10.4 Å². The van der Waals surface area contributed by atoms with E-state index >= 15 is 0 Å². The highest BCUT2D eigenvalue weighted by atomic mass is 19.1. The molecule has 2 heterocycles. The zero-order valence-electron chi connectivity index (χ0n) is 18.1. The van der Waals surface area contributed by atoms with E-state index in [2.05, 4.69) is 15.4 Å². The van der Waals surface area contributed by atoms with E-state index in [1.807, 2.05) is 36.4 Å². The molecule has 1 aliphatic heterocycles. The topological polar surface area (TPSA) is 74.8 Å². The number of anilines is 1. The van der Waals surface area contributed by atoms with Crippen molar-refractivity contribution in [3.05, 3.63) is 95.6 Å². The molecular weight excluding hydrogens is 423 g/mol. The molecule has 7 nitrogen and oxygen atoms in total. The summed E-state index contributed by atoms with van der Waals surface area (Å²) in [7, 11) is 0. The molecule has 0 saturated carbocycles. The number of aromatic nitrogens is 1. The van der Waals surface area contributed by atoms with Crippen LogP contribution in [0.2, 0.25) is 0 Å². The summed E-state index contributed by atoms with van der Waals surface area (Å²) in [6, 6.07) is 17.4. The minimum atomic E-state index is -0.817. The van der Waals surface area contributed by atoms with E-state index in [0.717, 1.165) is 42.7 Å². The third-order valence-corrected chi connectivity index (χ3v) is 5.47. The molecule has 0 spiro atoms. The van der Waals surface area contributed by atoms with Gasteiger partial charge >= 0.3 is 6.09 Å². The minimum absolute atomic E-state index is 0.172. The van der Waals surface area contributed by atoms with E-state index in [4.69, 9.17) is 4.84 Å². The van der Waals surface area contributed by atoms with Crippen molar-refractivity contribution >= 4 is 17.7 Å². The van der Waals surface area contributed by atoms with Crippen LogP contribution in [-0.2, 0) is 17.9 Å². The molecule has 0 unspecified atom stereocenters. The number of amides is 2. The third-order valence-electron chi connectivity index (χ3n) is 5.47. The Hall–Kier alpha value is -3.94. The first kappa shape index (κ1) is 22.3. The van der Waals surface area contributed by atoms with Crippen molar-refractivity contribution in [2.45, 2.75) is 25.9 Å². The average Bonchev–Trinajstić information content (AvgIpc) is 3.38. The Balaban J connectivity index is 1.44. The molecule has 1 saturated heterocycles. The first-order chi connectivity index (χ1) is 16.1. The SMILES string of the molecule is O=C(NOC(=O)N(Cc1ccccc1)Cc1cccnc1)c1cc(N2CCCC2)ccc1F. The second kappa shape index (κ2) is 10.6. The molecule has 1 aliphatic rings. The normalized spacial score (nSPS) is 12.9. The second-order valence-electron chi connectivity index (χ2n) is 7.86. The molecule has 2 amide bonds. The van der Waals surface area contributed by atoms with Crippen LogP contribution in [0.15, 0.2) is 73.1 Å². The Labute approximate surface area is 191 Å². The number of benzene rings is 2. The molecule has 1 fully saturated rings. The van der Waals surface area contributed by atoms with Crippen LogP contribution in [0.25, 0.3) is 0 Å². The van der Waals surface area contributed by atoms with Crippen molar-refractivity contribution in [1.29, 1.82) is 0 Å². The van der Waals surface area contributed by atoms with Crippen LogP contribution in [0.3, 0.4) is 0 Å². The highest BCUT2D eigenvalue weighted by Crippen LogP contribution is 2.23. The number of halogens is 1. The molecule has 170 valence electrons. The van der Waals surface area contributed by atoms with E-state index in [9.17, 15) is 14.0 Å². The molecule has 2 aromatic carbocycles. The lowest BCUT2D eigenvalue weighted by atomic mass is 10.1. The van der Waals surface area contributed by atoms with Crippen molar-refractivity contribution in [3.8, 4) is 0 Å². The van der Waals surface area contributed by atoms with E-state index in [1.54, 1.807) is 24.5 Å². The number of hydroxylamine groups is 1. The summed E-state index contributed by atoms with van der Waals surface area (Å²) in [5.41, 5.74) is 4.41. The van der Waals surface area contributed by atoms with Gasteiger partial charge < -0.3 is 9.74 Å². The van der Waals surface area contributed by atoms with Crippen LogP contribution in [0.1, 0.15) is 34.3 Å². The van der Waals surface area contributed by atoms with Gasteiger partial charge in [0.15, 0.2) is 0 Å². The maximum atomic E-state index is 14.3. The summed E-state index contributed by atoms with van der Waals surface area (Å²) in [6.45, 7) is 2.23. The zero-order valence-corrected chi connectivity index (χ0v) is 18.1. The van der Waals surface area contributed by atoms with Crippen molar-refractivity contribution in [1.82, 2.24) is 15.4 Å². The summed E-state index contributed by atoms with van der Waals surface area (Å²) in [5, 5.41) is 0. The number of nitrogens with one attached hydrogen (secondary N) is 1. The quantitative estimate of drug-likeness (QED) is 0.569. The molecule has 4 rings (SSSR count). The fourth-order valence-electron chi connectivity index (χ4n) is 3.77. The fraction of sp³-hybridized carbons (Fsp3) is 0.240. The van der Waals surface area contributed by atoms with Gasteiger partial charge in [-0.05, 0) is 48.2 Å². The summed E-state index contributed by atoms with van der Waals surface area (Å²) in [4.78, 5) is 38.1. The number of hydrogen-bond donors (Lipinski definition) is 1. The molecule has 3 aromatic rings. The van der Waals surface area contributed by atoms with Gasteiger partial charge in [-0.15, -0.1) is 0 Å². The van der Waals surface area contributed by atoms with Crippen LogP contribution >= 0.6 is 0 Å². The Kier molecular flexibility index (Phi) is 7.14. The highest BCUT2D eigenvalue weighted by Gasteiger charge is 2.21. The van der Waals surface area contributed by atoms with Crippen LogP contribution in [0, 0.1) is 5.82 Å². The molecule has 33 heavy (non-hydrogen) atoms. The van der Waals surface area contributed by atoms with Gasteiger partial charge in [0.1, 0.15) is 5.82 Å². The molecule has 0 aliphatic carbocycles. The van der Waals surface area contributed by atoms with Gasteiger partial charge in [-0.1, -0.05) is 36.4 Å². The molecule has 8 heteroatoms. The molecular formula is C25H25FN4O3. The predicted octanol–water partition coefficient (Wildman–Crippen LogP) is 4.30. The predicted molar refractivity (Wildman–Crippen MR) is 122 cm³/mol. The summed E-state index contributed by atoms with van der Waals surface area (Å²) in [6.07, 6.45) is 4.67. The lowest BCUT2D eigenvalue weighted by molar-refractivity contribution is 0.0394. The first-order valence-corrected chi connectivity index (χ1v) is 10.8. The number of hydrogen-bond acceptors (Lipinski definition) is 5. The second-order valence-corrected chi connectivity index (χ2v) is 7.86. The molecule has 0 atom stereocenters. The maximum absolute atomic E-state index is 14.3. The maximum Gasteiger partial charge on any atom is 0.434 e. The highest BCUT2D eigenvalue weighted by molar-refractivity contribution is 5.95. The van der Waals surface area contributed by atoms with Gasteiger partial charge in [-0.2, -0.15) is 5.48 Å². The Morgan fingerprint density at radius 1 is 1.00 bits per heavy atom. The molecule has 0 bridgehead atoms. The summed E-state index contributed by atoms with van der Waals surface area (Å²) < 4.78 is 14.3. The van der Waals surface area contributed by atoms with Crippen molar-refractivity contribution in [2.24, 2.45) is 0 Å². The smallest absolute Gasteiger partial charge is 0.372 e. The van der Waals surface area contributed by atoms with E-state index in [1.165, 1.54) is 17.0 Å². The first-order valence-electron chi connectivity index (χ1n) is 10.8. The molecule has 1 N–H and O–H groups in total. The number of carbonyl (C=O) groups is 2. The average molecular weight is 448 g/mol. The van der Waals surface area contributed by atoms with Gasteiger partial charge in [0.25, 0.3) is 5.91 Å². The fourth-order valence-corrected chi connectivity index (χ4v) is 3.77. The Morgan fingerprint density at radius 2 is 1.73 bits per heavy atom. The monoisotopic (exact) mass is 448 g/mol. The standard InChI is InChI=1S/C25H25FN4O3/c26-23-11-10-21(29-13-4-5-14-29)15-22(23)24(31)28-33-25(32)30(17-19-7-2-1-3-8-19)18-20-9-6-12-27-16-20/h1-3,6-12,15-16H,4-5,13-14,17-18H2,(H,28,31). The van der Waals surface area contributed by atoms with Crippen LogP contribution in [0.5, 0.6) is 0 Å². The van der Waals surface area contributed by atoms with E-state index < -0.39 is 17.8 Å². The third kappa shape index (κ3) is 5.85. The Bertz CT molecular complexity index is 1050. The van der Waals surface area contributed by atoms with Gasteiger partial charge in [-0.3, -0.25) is 14.7 Å².